The maximum absolute atomic E-state index is 6.84. The summed E-state index contributed by atoms with van der Waals surface area (Å²) in [4.78, 5) is 0. The van der Waals surface area contributed by atoms with Crippen molar-refractivity contribution in [3.8, 4) is 0 Å². The molecule has 0 aromatic heterocycles. The second-order valence-corrected chi connectivity index (χ2v) is 5.64. The first-order valence-corrected chi connectivity index (χ1v) is 7.58. The molecule has 0 aliphatic heterocycles. The zero-order valence-corrected chi connectivity index (χ0v) is 12.3. The van der Waals surface area contributed by atoms with Gasteiger partial charge in [-0.2, -0.15) is 5.11 Å². The SMILES string of the molecule is N=NCCNCc1ccc2ccc3cccc4ccc1c2c34. The number of nitrogens with one attached hydrogen (secondary N) is 2. The van der Waals surface area contributed by atoms with Crippen LogP contribution in [0.3, 0.4) is 0 Å². The van der Waals surface area contributed by atoms with Gasteiger partial charge >= 0.3 is 0 Å². The van der Waals surface area contributed by atoms with Crippen LogP contribution in [0.5, 0.6) is 0 Å². The highest BCUT2D eigenvalue weighted by Gasteiger charge is 2.10. The molecule has 2 N–H and O–H groups in total. The van der Waals surface area contributed by atoms with Crippen LogP contribution in [0.2, 0.25) is 0 Å². The van der Waals surface area contributed by atoms with Crippen LogP contribution in [0, 0.1) is 5.53 Å². The molecule has 4 rings (SSSR count). The zero-order valence-electron chi connectivity index (χ0n) is 12.3. The molecule has 108 valence electrons. The maximum Gasteiger partial charge on any atom is 0.0721 e. The number of hydrogen-bond acceptors (Lipinski definition) is 3. The molecule has 22 heavy (non-hydrogen) atoms. The van der Waals surface area contributed by atoms with Gasteiger partial charge in [-0.25, -0.2) is 5.53 Å². The summed E-state index contributed by atoms with van der Waals surface area (Å²) < 4.78 is 0. The summed E-state index contributed by atoms with van der Waals surface area (Å²) in [5.41, 5.74) is 8.15. The quantitative estimate of drug-likeness (QED) is 0.312. The van der Waals surface area contributed by atoms with Crippen LogP contribution in [-0.2, 0) is 6.54 Å². The van der Waals surface area contributed by atoms with Crippen molar-refractivity contribution >= 4 is 32.3 Å². The predicted octanol–water partition coefficient (Wildman–Crippen LogP) is 4.70. The summed E-state index contributed by atoms with van der Waals surface area (Å²) >= 11 is 0. The van der Waals surface area contributed by atoms with Crippen molar-refractivity contribution in [1.82, 2.24) is 5.32 Å². The Balaban J connectivity index is 1.90. The lowest BCUT2D eigenvalue weighted by molar-refractivity contribution is 0.681. The lowest BCUT2D eigenvalue weighted by Gasteiger charge is -2.14. The third-order valence-corrected chi connectivity index (χ3v) is 4.33. The van der Waals surface area contributed by atoms with Gasteiger partial charge in [0.25, 0.3) is 0 Å². The molecule has 4 aromatic carbocycles. The number of hydrogen-bond donors (Lipinski definition) is 2. The van der Waals surface area contributed by atoms with Crippen molar-refractivity contribution in [2.75, 3.05) is 13.1 Å². The van der Waals surface area contributed by atoms with E-state index in [4.69, 9.17) is 5.53 Å². The topological polar surface area (TPSA) is 48.2 Å². The van der Waals surface area contributed by atoms with Crippen LogP contribution in [-0.4, -0.2) is 13.1 Å². The van der Waals surface area contributed by atoms with Crippen molar-refractivity contribution in [2.45, 2.75) is 6.54 Å². The summed E-state index contributed by atoms with van der Waals surface area (Å²) in [6.07, 6.45) is 0. The van der Waals surface area contributed by atoms with E-state index in [1.807, 2.05) is 0 Å². The van der Waals surface area contributed by atoms with Gasteiger partial charge in [0.05, 0.1) is 6.54 Å². The Kier molecular flexibility index (Phi) is 3.20. The smallest absolute Gasteiger partial charge is 0.0721 e. The van der Waals surface area contributed by atoms with Gasteiger partial charge in [-0.15, -0.1) is 0 Å². The molecule has 0 saturated heterocycles. The van der Waals surface area contributed by atoms with Gasteiger partial charge in [0.15, 0.2) is 0 Å². The minimum atomic E-state index is 0.534. The third kappa shape index (κ3) is 2.02. The van der Waals surface area contributed by atoms with E-state index in [1.54, 1.807) is 0 Å². The van der Waals surface area contributed by atoms with Crippen molar-refractivity contribution in [1.29, 1.82) is 5.53 Å². The zero-order chi connectivity index (χ0) is 14.9. The van der Waals surface area contributed by atoms with Crippen molar-refractivity contribution < 1.29 is 0 Å². The molecule has 0 amide bonds. The minimum Gasteiger partial charge on any atom is -0.311 e. The summed E-state index contributed by atoms with van der Waals surface area (Å²) in [5, 5.41) is 14.7. The Morgan fingerprint density at radius 1 is 0.818 bits per heavy atom. The van der Waals surface area contributed by atoms with Crippen molar-refractivity contribution in [2.24, 2.45) is 5.11 Å². The fourth-order valence-corrected chi connectivity index (χ4v) is 3.31. The van der Waals surface area contributed by atoms with Crippen LogP contribution in [0.1, 0.15) is 5.56 Å². The summed E-state index contributed by atoms with van der Waals surface area (Å²) in [6.45, 7) is 2.08. The van der Waals surface area contributed by atoms with Crippen LogP contribution in [0.25, 0.3) is 32.3 Å². The Morgan fingerprint density at radius 2 is 1.50 bits per heavy atom. The third-order valence-electron chi connectivity index (χ3n) is 4.33. The molecule has 0 spiro atoms. The Hall–Kier alpha value is -2.52. The molecule has 0 fully saturated rings. The van der Waals surface area contributed by atoms with E-state index in [9.17, 15) is 0 Å². The molecule has 0 radical (unpaired) electrons. The Bertz CT molecular complexity index is 943. The molecule has 0 heterocycles. The highest BCUT2D eigenvalue weighted by atomic mass is 15.0. The van der Waals surface area contributed by atoms with Gasteiger partial charge in [-0.1, -0.05) is 54.6 Å². The molecule has 3 heteroatoms. The largest absolute Gasteiger partial charge is 0.311 e. The van der Waals surface area contributed by atoms with E-state index < -0.39 is 0 Å². The minimum absolute atomic E-state index is 0.534. The second kappa shape index (κ2) is 5.35. The van der Waals surface area contributed by atoms with Crippen LogP contribution >= 0.6 is 0 Å². The van der Waals surface area contributed by atoms with Gasteiger partial charge < -0.3 is 5.32 Å². The predicted molar refractivity (Wildman–Crippen MR) is 91.9 cm³/mol. The first-order valence-electron chi connectivity index (χ1n) is 7.58. The molecular formula is C19H17N3. The van der Waals surface area contributed by atoms with Gasteiger partial charge in [0.1, 0.15) is 0 Å². The van der Waals surface area contributed by atoms with Gasteiger partial charge in [-0.05, 0) is 37.9 Å². The summed E-state index contributed by atoms with van der Waals surface area (Å²) in [5.74, 6) is 0. The first kappa shape index (κ1) is 13.2. The van der Waals surface area contributed by atoms with E-state index in [0.29, 0.717) is 6.54 Å². The lowest BCUT2D eigenvalue weighted by atomic mass is 9.92. The molecule has 0 aliphatic rings. The monoisotopic (exact) mass is 287 g/mol. The number of nitrogens with zero attached hydrogens (tertiary/aromatic N) is 1. The molecule has 3 nitrogen and oxygen atoms in total. The summed E-state index contributed by atoms with van der Waals surface area (Å²) in [6, 6.07) is 19.8. The van der Waals surface area contributed by atoms with Crippen LogP contribution in [0.4, 0.5) is 0 Å². The molecule has 0 aliphatic carbocycles. The molecule has 0 bridgehead atoms. The highest BCUT2D eigenvalue weighted by Crippen LogP contribution is 2.35. The Labute approximate surface area is 128 Å². The molecule has 0 atom stereocenters. The van der Waals surface area contributed by atoms with Crippen LogP contribution < -0.4 is 5.32 Å². The van der Waals surface area contributed by atoms with E-state index in [1.165, 1.54) is 37.9 Å². The van der Waals surface area contributed by atoms with Crippen LogP contribution in [0.15, 0.2) is 59.7 Å². The summed E-state index contributed by atoms with van der Waals surface area (Å²) in [7, 11) is 0. The molecule has 0 saturated carbocycles. The molecule has 4 aromatic rings. The van der Waals surface area contributed by atoms with E-state index in [2.05, 4.69) is 65.0 Å². The number of rotatable bonds is 5. The first-order chi connectivity index (χ1) is 10.9. The van der Waals surface area contributed by atoms with Gasteiger partial charge in [0, 0.05) is 13.1 Å². The van der Waals surface area contributed by atoms with Crippen molar-refractivity contribution in [3.63, 3.8) is 0 Å². The normalized spacial score (nSPS) is 11.6. The van der Waals surface area contributed by atoms with Gasteiger partial charge in [-0.3, -0.25) is 0 Å². The number of benzene rings is 4. The maximum atomic E-state index is 6.84. The van der Waals surface area contributed by atoms with Crippen molar-refractivity contribution in [3.05, 3.63) is 60.2 Å². The second-order valence-electron chi connectivity index (χ2n) is 5.64. The Morgan fingerprint density at radius 3 is 2.27 bits per heavy atom. The van der Waals surface area contributed by atoms with Gasteiger partial charge in [0.2, 0.25) is 0 Å². The average molecular weight is 287 g/mol. The van der Waals surface area contributed by atoms with E-state index in [0.717, 1.165) is 13.1 Å². The molecular weight excluding hydrogens is 270 g/mol. The standard InChI is InChI=1S/C19H17N3/c20-22-11-10-21-12-16-7-6-15-5-4-13-2-1-3-14-8-9-17(16)19(15)18(13)14/h1-9,20-21H,10-12H2. The van der Waals surface area contributed by atoms with E-state index in [-0.39, 0.29) is 0 Å². The molecule has 0 unspecified atom stereocenters. The van der Waals surface area contributed by atoms with E-state index >= 15 is 0 Å². The lowest BCUT2D eigenvalue weighted by Crippen LogP contribution is -2.16. The fraction of sp³-hybridized carbons (Fsp3) is 0.158. The average Bonchev–Trinajstić information content (AvgIpc) is 2.57. The highest BCUT2D eigenvalue weighted by molar-refractivity contribution is 6.23. The fourth-order valence-electron chi connectivity index (χ4n) is 3.31.